The predicted molar refractivity (Wildman–Crippen MR) is 88.8 cm³/mol. The molecule has 1 heterocycles. The summed E-state index contributed by atoms with van der Waals surface area (Å²) in [6.45, 7) is 1.52. The Labute approximate surface area is 138 Å². The normalized spacial score (nSPS) is 19.1. The van der Waals surface area contributed by atoms with Crippen LogP contribution in [0.25, 0.3) is 0 Å². The molecule has 1 aromatic carbocycles. The highest BCUT2D eigenvalue weighted by atomic mass is 32.2. The van der Waals surface area contributed by atoms with Gasteiger partial charge in [0, 0.05) is 39.4 Å². The molecule has 0 spiro atoms. The number of nitrogens with zero attached hydrogens (tertiary/aromatic N) is 2. The summed E-state index contributed by atoms with van der Waals surface area (Å²) in [5.41, 5.74) is 0.596. The van der Waals surface area contributed by atoms with Gasteiger partial charge in [0.05, 0.1) is 11.9 Å². The number of benzene rings is 1. The van der Waals surface area contributed by atoms with Gasteiger partial charge in [-0.25, -0.2) is 12.7 Å². The molecule has 2 rings (SSSR count). The summed E-state index contributed by atoms with van der Waals surface area (Å²) in [5.74, 6) is -0.106. The molecule has 1 unspecified atom stereocenters. The number of piperidine rings is 1. The Kier molecular flexibility index (Phi) is 6.15. The molecule has 1 fully saturated rings. The van der Waals surface area contributed by atoms with Crippen LogP contribution in [0.4, 0.5) is 0 Å². The number of methoxy groups -OCH3 is 1. The first kappa shape index (κ1) is 17.9. The average molecular weight is 340 g/mol. The number of amides is 1. The average Bonchev–Trinajstić information content (AvgIpc) is 2.59. The first-order valence-electron chi connectivity index (χ1n) is 7.75. The Bertz CT molecular complexity index is 618. The van der Waals surface area contributed by atoms with Crippen LogP contribution in [0.15, 0.2) is 30.3 Å². The first-order valence-corrected chi connectivity index (χ1v) is 9.25. The molecule has 1 atom stereocenters. The van der Waals surface area contributed by atoms with Crippen LogP contribution in [-0.4, -0.2) is 69.2 Å². The summed E-state index contributed by atoms with van der Waals surface area (Å²) in [7, 11) is -0.319. The molecule has 0 aromatic heterocycles. The van der Waals surface area contributed by atoms with Gasteiger partial charge in [-0.3, -0.25) is 4.79 Å². The van der Waals surface area contributed by atoms with Gasteiger partial charge in [-0.15, -0.1) is 0 Å². The molecular weight excluding hydrogens is 316 g/mol. The number of hydrogen-bond donors (Lipinski definition) is 0. The molecule has 6 nitrogen and oxygen atoms in total. The molecule has 0 aliphatic carbocycles. The molecule has 128 valence electrons. The Morgan fingerprint density at radius 3 is 2.70 bits per heavy atom. The van der Waals surface area contributed by atoms with E-state index in [2.05, 4.69) is 0 Å². The van der Waals surface area contributed by atoms with E-state index >= 15 is 0 Å². The number of rotatable bonds is 6. The van der Waals surface area contributed by atoms with Crippen molar-refractivity contribution in [3.63, 3.8) is 0 Å². The maximum atomic E-state index is 12.6. The lowest BCUT2D eigenvalue weighted by molar-refractivity contribution is 0.0725. The van der Waals surface area contributed by atoms with Gasteiger partial charge >= 0.3 is 0 Å². The van der Waals surface area contributed by atoms with Crippen molar-refractivity contribution in [3.8, 4) is 0 Å². The monoisotopic (exact) mass is 340 g/mol. The van der Waals surface area contributed by atoms with E-state index in [0.717, 1.165) is 0 Å². The number of ether oxygens (including phenoxy) is 1. The van der Waals surface area contributed by atoms with Crippen molar-refractivity contribution in [2.24, 2.45) is 0 Å². The van der Waals surface area contributed by atoms with Gasteiger partial charge in [0.2, 0.25) is 10.0 Å². The summed E-state index contributed by atoms with van der Waals surface area (Å²) in [6.07, 6.45) is 1.28. The summed E-state index contributed by atoms with van der Waals surface area (Å²) < 4.78 is 31.5. The Morgan fingerprint density at radius 1 is 1.35 bits per heavy atom. The smallest absolute Gasteiger partial charge is 0.253 e. The fourth-order valence-corrected chi connectivity index (χ4v) is 4.40. The number of sulfonamides is 1. The lowest BCUT2D eigenvalue weighted by Crippen LogP contribution is -2.49. The van der Waals surface area contributed by atoms with Crippen LogP contribution in [0.5, 0.6) is 0 Å². The molecule has 0 N–H and O–H groups in total. The molecule has 1 aliphatic rings. The van der Waals surface area contributed by atoms with Crippen LogP contribution in [0, 0.1) is 0 Å². The standard InChI is InChI=1S/C16H24N2O4S/c1-17(11-12-22-2)23(20,21)15-9-6-10-18(13-15)16(19)14-7-4-3-5-8-14/h3-5,7-8,15H,6,9-13H2,1-2H3. The van der Waals surface area contributed by atoms with Crippen LogP contribution < -0.4 is 0 Å². The zero-order valence-electron chi connectivity index (χ0n) is 13.6. The van der Waals surface area contributed by atoms with E-state index in [4.69, 9.17) is 4.74 Å². The molecule has 1 saturated heterocycles. The third-order valence-electron chi connectivity index (χ3n) is 4.15. The van der Waals surface area contributed by atoms with Crippen molar-refractivity contribution in [1.29, 1.82) is 0 Å². The second kappa shape index (κ2) is 7.90. The Morgan fingerprint density at radius 2 is 2.04 bits per heavy atom. The van der Waals surface area contributed by atoms with Gasteiger partial charge in [-0.1, -0.05) is 18.2 Å². The highest BCUT2D eigenvalue weighted by Crippen LogP contribution is 2.21. The molecule has 23 heavy (non-hydrogen) atoms. The number of carbonyl (C=O) groups excluding carboxylic acids is 1. The van der Waals surface area contributed by atoms with E-state index < -0.39 is 15.3 Å². The molecule has 1 aromatic rings. The zero-order valence-corrected chi connectivity index (χ0v) is 14.5. The zero-order chi connectivity index (χ0) is 16.9. The summed E-state index contributed by atoms with van der Waals surface area (Å²) >= 11 is 0. The SMILES string of the molecule is COCCN(C)S(=O)(=O)C1CCCN(C(=O)c2ccccc2)C1. The highest BCUT2D eigenvalue weighted by Gasteiger charge is 2.35. The van der Waals surface area contributed by atoms with Crippen LogP contribution in [0.3, 0.4) is 0 Å². The second-order valence-electron chi connectivity index (χ2n) is 5.74. The van der Waals surface area contributed by atoms with Gasteiger partial charge in [0.25, 0.3) is 5.91 Å². The van der Waals surface area contributed by atoms with E-state index in [1.54, 1.807) is 31.2 Å². The molecule has 1 amide bonds. The molecule has 0 saturated carbocycles. The first-order chi connectivity index (χ1) is 11.0. The van der Waals surface area contributed by atoms with E-state index in [9.17, 15) is 13.2 Å². The lowest BCUT2D eigenvalue weighted by Gasteiger charge is -2.34. The molecular formula is C16H24N2O4S. The van der Waals surface area contributed by atoms with Gasteiger partial charge < -0.3 is 9.64 Å². The maximum Gasteiger partial charge on any atom is 0.253 e. The van der Waals surface area contributed by atoms with Gasteiger partial charge in [-0.2, -0.15) is 0 Å². The third-order valence-corrected chi connectivity index (χ3v) is 6.43. The molecule has 0 bridgehead atoms. The minimum absolute atomic E-state index is 0.106. The predicted octanol–water partition coefficient (Wildman–Crippen LogP) is 1.20. The van der Waals surface area contributed by atoms with Crippen LogP contribution in [-0.2, 0) is 14.8 Å². The van der Waals surface area contributed by atoms with Crippen molar-refractivity contribution in [2.45, 2.75) is 18.1 Å². The van der Waals surface area contributed by atoms with Crippen molar-refractivity contribution < 1.29 is 17.9 Å². The number of carbonyl (C=O) groups is 1. The van der Waals surface area contributed by atoms with Gasteiger partial charge in [-0.05, 0) is 25.0 Å². The Hall–Kier alpha value is -1.44. The Balaban J connectivity index is 2.07. The van der Waals surface area contributed by atoms with Crippen molar-refractivity contribution >= 4 is 15.9 Å². The van der Waals surface area contributed by atoms with E-state index in [1.807, 2.05) is 18.2 Å². The minimum Gasteiger partial charge on any atom is -0.383 e. The third kappa shape index (κ3) is 4.31. The summed E-state index contributed by atoms with van der Waals surface area (Å²) in [4.78, 5) is 14.2. The highest BCUT2D eigenvalue weighted by molar-refractivity contribution is 7.89. The van der Waals surface area contributed by atoms with Gasteiger partial charge in [0.15, 0.2) is 0 Å². The topological polar surface area (TPSA) is 66.9 Å². The lowest BCUT2D eigenvalue weighted by atomic mass is 10.1. The van der Waals surface area contributed by atoms with Crippen LogP contribution in [0.1, 0.15) is 23.2 Å². The fourth-order valence-electron chi connectivity index (χ4n) is 2.73. The van der Waals surface area contributed by atoms with Crippen molar-refractivity contribution in [2.75, 3.05) is 40.4 Å². The molecule has 7 heteroatoms. The fraction of sp³-hybridized carbons (Fsp3) is 0.562. The summed E-state index contributed by atoms with van der Waals surface area (Å²) in [5, 5.41) is -0.550. The quantitative estimate of drug-likeness (QED) is 0.780. The van der Waals surface area contributed by atoms with Crippen LogP contribution >= 0.6 is 0 Å². The molecule has 0 radical (unpaired) electrons. The van der Waals surface area contributed by atoms with E-state index in [-0.39, 0.29) is 12.5 Å². The van der Waals surface area contributed by atoms with Crippen molar-refractivity contribution in [3.05, 3.63) is 35.9 Å². The van der Waals surface area contributed by atoms with Gasteiger partial charge in [0.1, 0.15) is 0 Å². The maximum absolute atomic E-state index is 12.6. The summed E-state index contributed by atoms with van der Waals surface area (Å²) in [6, 6.07) is 8.98. The molecule has 1 aliphatic heterocycles. The minimum atomic E-state index is -3.42. The van der Waals surface area contributed by atoms with E-state index in [0.29, 0.717) is 38.1 Å². The largest absolute Gasteiger partial charge is 0.383 e. The second-order valence-corrected chi connectivity index (χ2v) is 8.06. The van der Waals surface area contributed by atoms with E-state index in [1.165, 1.54) is 4.31 Å². The van der Waals surface area contributed by atoms with Crippen molar-refractivity contribution in [1.82, 2.24) is 9.21 Å². The number of likely N-dealkylation sites (tertiary alicyclic amines) is 1. The van der Waals surface area contributed by atoms with Crippen LogP contribution in [0.2, 0.25) is 0 Å². The number of likely N-dealkylation sites (N-methyl/N-ethyl adjacent to an activating group) is 1. The number of hydrogen-bond acceptors (Lipinski definition) is 4.